The third-order valence-corrected chi connectivity index (χ3v) is 4.15. The van der Waals surface area contributed by atoms with Crippen LogP contribution in [0.15, 0.2) is 4.90 Å². The Labute approximate surface area is 101 Å². The molecule has 0 radical (unpaired) electrons. The first-order valence-corrected chi connectivity index (χ1v) is 7.02. The average molecular weight is 281 g/mol. The van der Waals surface area contributed by atoms with Crippen molar-refractivity contribution >= 4 is 31.9 Å². The number of alkyl halides is 2. The van der Waals surface area contributed by atoms with Crippen LogP contribution >= 0.6 is 11.3 Å². The molecule has 0 amide bonds. The number of nitrogens with two attached hydrogens (primary N) is 1. The van der Waals surface area contributed by atoms with E-state index in [4.69, 9.17) is 11.0 Å². The Bertz CT molecular complexity index is 560. The summed E-state index contributed by atoms with van der Waals surface area (Å²) in [6, 6.07) is 1.72. The van der Waals surface area contributed by atoms with Crippen LogP contribution < -0.4 is 11.1 Å². The SMILES string of the molecule is CS(=O)(=O)c1c(NCC(F)F)sc(C#N)c1N. The second-order valence-corrected chi connectivity index (χ2v) is 6.13. The van der Waals surface area contributed by atoms with Crippen molar-refractivity contribution in [2.45, 2.75) is 11.3 Å². The fourth-order valence-electron chi connectivity index (χ4n) is 1.17. The van der Waals surface area contributed by atoms with Gasteiger partial charge in [0.15, 0.2) is 9.84 Å². The van der Waals surface area contributed by atoms with Crippen LogP contribution in [0.1, 0.15) is 4.88 Å². The van der Waals surface area contributed by atoms with Crippen LogP contribution in [-0.2, 0) is 9.84 Å². The van der Waals surface area contributed by atoms with Crippen LogP contribution in [0, 0.1) is 11.3 Å². The lowest BCUT2D eigenvalue weighted by Gasteiger charge is -2.05. The molecule has 0 fully saturated rings. The summed E-state index contributed by atoms with van der Waals surface area (Å²) < 4.78 is 46.9. The predicted octanol–water partition coefficient (Wildman–Crippen LogP) is 1.28. The molecular weight excluding hydrogens is 272 g/mol. The van der Waals surface area contributed by atoms with Gasteiger partial charge in [-0.3, -0.25) is 0 Å². The highest BCUT2D eigenvalue weighted by molar-refractivity contribution is 7.91. The first-order chi connectivity index (χ1) is 7.77. The highest BCUT2D eigenvalue weighted by atomic mass is 32.2. The average Bonchev–Trinajstić information content (AvgIpc) is 2.51. The minimum Gasteiger partial charge on any atom is -0.396 e. The molecule has 0 aliphatic rings. The monoisotopic (exact) mass is 281 g/mol. The first kappa shape index (κ1) is 13.7. The molecule has 1 aromatic rings. The predicted molar refractivity (Wildman–Crippen MR) is 61.0 cm³/mol. The van der Waals surface area contributed by atoms with Crippen LogP contribution in [0.3, 0.4) is 0 Å². The van der Waals surface area contributed by atoms with Crippen molar-refractivity contribution in [1.29, 1.82) is 5.26 Å². The minimum absolute atomic E-state index is 0.0119. The molecule has 0 atom stereocenters. The molecule has 9 heteroatoms. The van der Waals surface area contributed by atoms with Gasteiger partial charge in [-0.25, -0.2) is 17.2 Å². The van der Waals surface area contributed by atoms with E-state index in [0.717, 1.165) is 17.6 Å². The normalized spacial score (nSPS) is 11.5. The summed E-state index contributed by atoms with van der Waals surface area (Å²) in [5.41, 5.74) is 5.29. The van der Waals surface area contributed by atoms with Crippen LogP contribution in [0.25, 0.3) is 0 Å². The van der Waals surface area contributed by atoms with E-state index in [1.165, 1.54) is 0 Å². The van der Waals surface area contributed by atoms with Crippen molar-refractivity contribution in [2.24, 2.45) is 0 Å². The Morgan fingerprint density at radius 2 is 2.18 bits per heavy atom. The molecule has 1 heterocycles. The number of thiophene rings is 1. The van der Waals surface area contributed by atoms with Crippen molar-refractivity contribution in [3.8, 4) is 6.07 Å². The summed E-state index contributed by atoms with van der Waals surface area (Å²) in [5.74, 6) is 0. The maximum Gasteiger partial charge on any atom is 0.255 e. The molecule has 0 unspecified atom stereocenters. The van der Waals surface area contributed by atoms with Gasteiger partial charge in [0.25, 0.3) is 6.43 Å². The van der Waals surface area contributed by atoms with E-state index < -0.39 is 22.8 Å². The quantitative estimate of drug-likeness (QED) is 0.866. The summed E-state index contributed by atoms with van der Waals surface area (Å²) in [7, 11) is -3.67. The number of nitrogens with zero attached hydrogens (tertiary/aromatic N) is 1. The fraction of sp³-hybridized carbons (Fsp3) is 0.375. The number of rotatable bonds is 4. The van der Waals surface area contributed by atoms with Crippen LogP contribution in [0.4, 0.5) is 19.5 Å². The molecule has 0 aromatic carbocycles. The molecule has 0 spiro atoms. The van der Waals surface area contributed by atoms with Gasteiger partial charge in [0, 0.05) is 6.26 Å². The number of halogens is 2. The maximum atomic E-state index is 12.0. The van der Waals surface area contributed by atoms with Crippen molar-refractivity contribution in [1.82, 2.24) is 0 Å². The largest absolute Gasteiger partial charge is 0.396 e. The Morgan fingerprint density at radius 1 is 1.59 bits per heavy atom. The summed E-state index contributed by atoms with van der Waals surface area (Å²) >= 11 is 0.745. The lowest BCUT2D eigenvalue weighted by atomic mass is 10.4. The second-order valence-electron chi connectivity index (χ2n) is 3.16. The van der Waals surface area contributed by atoms with Crippen LogP contribution in [0.5, 0.6) is 0 Å². The number of nitriles is 1. The molecule has 94 valence electrons. The highest BCUT2D eigenvalue weighted by Crippen LogP contribution is 2.38. The highest BCUT2D eigenvalue weighted by Gasteiger charge is 2.24. The lowest BCUT2D eigenvalue weighted by Crippen LogP contribution is -2.12. The summed E-state index contributed by atoms with van der Waals surface area (Å²) in [6.07, 6.45) is -1.73. The van der Waals surface area contributed by atoms with Crippen molar-refractivity contribution in [3.63, 3.8) is 0 Å². The van der Waals surface area contributed by atoms with Crippen molar-refractivity contribution in [3.05, 3.63) is 4.88 Å². The molecule has 5 nitrogen and oxygen atoms in total. The first-order valence-electron chi connectivity index (χ1n) is 4.31. The van der Waals surface area contributed by atoms with Crippen molar-refractivity contribution in [2.75, 3.05) is 23.9 Å². The Hall–Kier alpha value is -1.40. The minimum atomic E-state index is -3.67. The lowest BCUT2D eigenvalue weighted by molar-refractivity contribution is 0.163. The number of hydrogen-bond acceptors (Lipinski definition) is 6. The zero-order chi connectivity index (χ0) is 13.2. The van der Waals surface area contributed by atoms with Gasteiger partial charge in [0.05, 0.1) is 12.2 Å². The van der Waals surface area contributed by atoms with Gasteiger partial charge < -0.3 is 11.1 Å². The number of hydrogen-bond donors (Lipinski definition) is 2. The molecule has 0 bridgehead atoms. The maximum absolute atomic E-state index is 12.0. The van der Waals surface area contributed by atoms with Gasteiger partial charge in [-0.05, 0) is 0 Å². The van der Waals surface area contributed by atoms with E-state index in [9.17, 15) is 17.2 Å². The van der Waals surface area contributed by atoms with Crippen LogP contribution in [0.2, 0.25) is 0 Å². The van der Waals surface area contributed by atoms with Gasteiger partial charge in [-0.15, -0.1) is 11.3 Å². The van der Waals surface area contributed by atoms with Gasteiger partial charge in [0.2, 0.25) is 0 Å². The zero-order valence-corrected chi connectivity index (χ0v) is 10.3. The molecule has 0 saturated heterocycles. The van der Waals surface area contributed by atoms with E-state index in [2.05, 4.69) is 5.32 Å². The number of nitrogen functional groups attached to an aromatic ring is 1. The molecule has 0 aliphatic carbocycles. The molecule has 1 aromatic heterocycles. The van der Waals surface area contributed by atoms with Crippen LogP contribution in [-0.4, -0.2) is 27.6 Å². The molecule has 0 aliphatic heterocycles. The fourth-order valence-corrected chi connectivity index (χ4v) is 3.54. The zero-order valence-electron chi connectivity index (χ0n) is 8.70. The smallest absolute Gasteiger partial charge is 0.255 e. The second kappa shape index (κ2) is 4.85. The number of nitrogens with one attached hydrogen (secondary N) is 1. The summed E-state index contributed by atoms with van der Waals surface area (Å²) in [5, 5.41) is 11.0. The Morgan fingerprint density at radius 3 is 2.59 bits per heavy atom. The molecular formula is C8H9F2N3O2S2. The van der Waals surface area contributed by atoms with E-state index >= 15 is 0 Å². The standard InChI is InChI=1S/C8H9F2N3O2S2/c1-17(14,15)7-6(12)4(2-11)16-8(7)13-3-5(9)10/h5,13H,3,12H2,1H3. The molecule has 1 rings (SSSR count). The topological polar surface area (TPSA) is 96.0 Å². The van der Waals surface area contributed by atoms with Gasteiger partial charge in [-0.2, -0.15) is 5.26 Å². The van der Waals surface area contributed by atoms with E-state index in [0.29, 0.717) is 0 Å². The molecule has 3 N–H and O–H groups in total. The third-order valence-electron chi connectivity index (χ3n) is 1.79. The van der Waals surface area contributed by atoms with Gasteiger partial charge in [-0.1, -0.05) is 0 Å². The van der Waals surface area contributed by atoms with Gasteiger partial charge >= 0.3 is 0 Å². The van der Waals surface area contributed by atoms with Gasteiger partial charge in [0.1, 0.15) is 20.8 Å². The summed E-state index contributed by atoms with van der Waals surface area (Å²) in [6.45, 7) is -0.701. The molecule has 0 saturated carbocycles. The summed E-state index contributed by atoms with van der Waals surface area (Å²) in [4.78, 5) is -0.304. The molecule has 17 heavy (non-hydrogen) atoms. The number of sulfone groups is 1. The Balaban J connectivity index is 3.26. The van der Waals surface area contributed by atoms with E-state index in [-0.39, 0.29) is 20.5 Å². The van der Waals surface area contributed by atoms with Crippen molar-refractivity contribution < 1.29 is 17.2 Å². The van der Waals surface area contributed by atoms with E-state index in [1.54, 1.807) is 6.07 Å². The third kappa shape index (κ3) is 3.04. The number of anilines is 2. The van der Waals surface area contributed by atoms with E-state index in [1.807, 2.05) is 0 Å². The Kier molecular flexibility index (Phi) is 3.90.